The van der Waals surface area contributed by atoms with Crippen LogP contribution in [0.15, 0.2) is 18.2 Å². The zero-order valence-electron chi connectivity index (χ0n) is 9.76. The van der Waals surface area contributed by atoms with Crippen LogP contribution in [-0.2, 0) is 11.2 Å². The summed E-state index contributed by atoms with van der Waals surface area (Å²) in [6, 6.07) is 6.03. The Hall–Kier alpha value is -1.31. The number of hydrogen-bond acceptors (Lipinski definition) is 1. The van der Waals surface area contributed by atoms with Crippen molar-refractivity contribution in [2.75, 3.05) is 5.32 Å². The molecule has 0 saturated heterocycles. The Kier molecular flexibility index (Phi) is 4.35. The lowest BCUT2D eigenvalue weighted by Crippen LogP contribution is -2.12. The van der Waals surface area contributed by atoms with Crippen LogP contribution in [0.4, 0.5) is 5.69 Å². The molecule has 0 aliphatic carbocycles. The summed E-state index contributed by atoms with van der Waals surface area (Å²) in [4.78, 5) is 11.5. The predicted molar refractivity (Wildman–Crippen MR) is 66.2 cm³/mol. The maximum absolute atomic E-state index is 11.5. The summed E-state index contributed by atoms with van der Waals surface area (Å²) in [5, 5.41) is 2.96. The number of anilines is 1. The molecule has 1 rings (SSSR count). The van der Waals surface area contributed by atoms with E-state index in [1.54, 1.807) is 0 Å². The number of aryl methyl sites for hydroxylation is 1. The third-order valence-corrected chi connectivity index (χ3v) is 2.51. The molecular weight excluding hydrogens is 186 g/mol. The molecule has 1 N–H and O–H groups in total. The Morgan fingerprint density at radius 3 is 2.73 bits per heavy atom. The molecule has 1 aromatic rings. The highest BCUT2D eigenvalue weighted by Crippen LogP contribution is 2.20. The Morgan fingerprint density at radius 1 is 1.40 bits per heavy atom. The van der Waals surface area contributed by atoms with Gasteiger partial charge in [-0.2, -0.15) is 0 Å². The first-order chi connectivity index (χ1) is 7.19. The molecule has 84 valence electrons. The van der Waals surface area contributed by atoms with Gasteiger partial charge in [-0.1, -0.05) is 26.0 Å². The zero-order chi connectivity index (χ0) is 11.3. The molecule has 0 unspecified atom stereocenters. The summed E-state index contributed by atoms with van der Waals surface area (Å²) in [7, 11) is 0. The van der Waals surface area contributed by atoms with Crippen LogP contribution in [0.5, 0.6) is 0 Å². The van der Waals surface area contributed by atoms with Gasteiger partial charge in [0.25, 0.3) is 0 Å². The van der Waals surface area contributed by atoms with Crippen LogP contribution in [0.1, 0.15) is 39.2 Å². The largest absolute Gasteiger partial charge is 0.326 e. The highest BCUT2D eigenvalue weighted by atomic mass is 16.1. The van der Waals surface area contributed by atoms with E-state index in [1.165, 1.54) is 11.1 Å². The van der Waals surface area contributed by atoms with E-state index in [2.05, 4.69) is 25.2 Å². The smallest absolute Gasteiger partial charge is 0.224 e. The van der Waals surface area contributed by atoms with Crippen LogP contribution < -0.4 is 5.32 Å². The second kappa shape index (κ2) is 5.54. The van der Waals surface area contributed by atoms with E-state index in [4.69, 9.17) is 0 Å². The van der Waals surface area contributed by atoms with Gasteiger partial charge in [-0.25, -0.2) is 0 Å². The molecule has 0 fully saturated rings. The van der Waals surface area contributed by atoms with Crippen LogP contribution in [0, 0.1) is 6.92 Å². The predicted octanol–water partition coefficient (Wildman–Crippen LogP) is 3.54. The van der Waals surface area contributed by atoms with E-state index < -0.39 is 0 Å². The van der Waals surface area contributed by atoms with E-state index in [1.807, 2.05) is 19.1 Å². The minimum absolute atomic E-state index is 0. The van der Waals surface area contributed by atoms with Crippen LogP contribution in [0.25, 0.3) is 0 Å². The maximum Gasteiger partial charge on any atom is 0.224 e. The fraction of sp³-hybridized carbons (Fsp3) is 0.462. The van der Waals surface area contributed by atoms with Crippen molar-refractivity contribution in [1.29, 1.82) is 0 Å². The van der Waals surface area contributed by atoms with Crippen LogP contribution in [0.2, 0.25) is 0 Å². The van der Waals surface area contributed by atoms with Crippen molar-refractivity contribution in [2.24, 2.45) is 0 Å². The topological polar surface area (TPSA) is 29.1 Å². The first-order valence-corrected chi connectivity index (χ1v) is 5.57. The summed E-state index contributed by atoms with van der Waals surface area (Å²) < 4.78 is 0. The summed E-state index contributed by atoms with van der Waals surface area (Å²) in [6.07, 6.45) is 2.44. The van der Waals surface area contributed by atoms with Crippen molar-refractivity contribution in [3.05, 3.63) is 29.3 Å². The van der Waals surface area contributed by atoms with Gasteiger partial charge < -0.3 is 5.32 Å². The molecule has 0 aliphatic heterocycles. The van der Waals surface area contributed by atoms with Gasteiger partial charge in [0.05, 0.1) is 0 Å². The molecule has 1 aromatic carbocycles. The lowest BCUT2D eigenvalue weighted by molar-refractivity contribution is -0.116. The normalized spacial score (nSPS) is 10.1. The molecule has 0 aromatic heterocycles. The molecule has 0 bridgehead atoms. The van der Waals surface area contributed by atoms with Crippen LogP contribution in [0.3, 0.4) is 0 Å². The van der Waals surface area contributed by atoms with Crippen molar-refractivity contribution >= 4 is 11.6 Å². The molecule has 0 heterocycles. The van der Waals surface area contributed by atoms with E-state index >= 15 is 0 Å². The van der Waals surface area contributed by atoms with Crippen molar-refractivity contribution < 1.29 is 6.22 Å². The van der Waals surface area contributed by atoms with Gasteiger partial charge in [0, 0.05) is 13.5 Å². The van der Waals surface area contributed by atoms with E-state index in [-0.39, 0.29) is 7.33 Å². The second-order valence-electron chi connectivity index (χ2n) is 3.75. The number of rotatable bonds is 4. The molecule has 0 spiro atoms. The molecular formula is C13H21NO. The average Bonchev–Trinajstić information content (AvgIpc) is 2.18. The monoisotopic (exact) mass is 207 g/mol. The van der Waals surface area contributed by atoms with E-state index in [0.717, 1.165) is 18.5 Å². The van der Waals surface area contributed by atoms with Crippen molar-refractivity contribution in [3.8, 4) is 0 Å². The lowest BCUT2D eigenvalue weighted by atomic mass is 10.0. The number of carbonyl (C=O) groups is 1. The number of hydrogen-bond donors (Lipinski definition) is 1. The summed E-state index contributed by atoms with van der Waals surface area (Å²) >= 11 is 0. The third-order valence-electron chi connectivity index (χ3n) is 2.51. The van der Waals surface area contributed by atoms with Crippen LogP contribution >= 0.6 is 0 Å². The Bertz CT molecular complexity index is 350. The fourth-order valence-corrected chi connectivity index (χ4v) is 1.73. The standard InChI is InChI=1S/C13H19NO.H2/c1-4-7-13(15)14-12-9-6-8-10(3)11(12)5-2;/h6,8-9H,4-5,7H2,1-3H3,(H,14,15);1H. The first kappa shape index (κ1) is 11.8. The highest BCUT2D eigenvalue weighted by Gasteiger charge is 2.06. The molecule has 0 aliphatic rings. The summed E-state index contributed by atoms with van der Waals surface area (Å²) in [5.41, 5.74) is 3.45. The quantitative estimate of drug-likeness (QED) is 0.803. The SMILES string of the molecule is CCCC(=O)Nc1cccc(C)c1CC.[HH]. The van der Waals surface area contributed by atoms with Crippen molar-refractivity contribution in [3.63, 3.8) is 0 Å². The van der Waals surface area contributed by atoms with Gasteiger partial charge in [-0.05, 0) is 37.0 Å². The molecule has 0 atom stereocenters. The van der Waals surface area contributed by atoms with Crippen LogP contribution in [-0.4, -0.2) is 5.91 Å². The van der Waals surface area contributed by atoms with Gasteiger partial charge in [0.2, 0.25) is 5.91 Å². The minimum atomic E-state index is 0. The number of nitrogens with one attached hydrogen (secondary N) is 1. The summed E-state index contributed by atoms with van der Waals surface area (Å²) in [6.45, 7) is 6.20. The van der Waals surface area contributed by atoms with Gasteiger partial charge >= 0.3 is 0 Å². The fourth-order valence-electron chi connectivity index (χ4n) is 1.73. The molecule has 0 saturated carbocycles. The molecule has 2 heteroatoms. The van der Waals surface area contributed by atoms with E-state index in [9.17, 15) is 4.79 Å². The van der Waals surface area contributed by atoms with Gasteiger partial charge in [-0.15, -0.1) is 0 Å². The van der Waals surface area contributed by atoms with Gasteiger partial charge in [0.1, 0.15) is 0 Å². The van der Waals surface area contributed by atoms with E-state index in [0.29, 0.717) is 6.42 Å². The molecule has 1 amide bonds. The maximum atomic E-state index is 11.5. The van der Waals surface area contributed by atoms with Gasteiger partial charge in [0.15, 0.2) is 0 Å². The third kappa shape index (κ3) is 3.08. The Labute approximate surface area is 93.2 Å². The molecule has 0 radical (unpaired) electrons. The number of benzene rings is 1. The number of carbonyl (C=O) groups excluding carboxylic acids is 1. The average molecular weight is 207 g/mol. The Balaban J connectivity index is 0.00000225. The highest BCUT2D eigenvalue weighted by molar-refractivity contribution is 5.91. The van der Waals surface area contributed by atoms with Gasteiger partial charge in [-0.3, -0.25) is 4.79 Å². The van der Waals surface area contributed by atoms with Crippen molar-refractivity contribution in [2.45, 2.75) is 40.0 Å². The molecule has 15 heavy (non-hydrogen) atoms. The second-order valence-corrected chi connectivity index (χ2v) is 3.75. The zero-order valence-corrected chi connectivity index (χ0v) is 9.76. The minimum Gasteiger partial charge on any atom is -0.326 e. The van der Waals surface area contributed by atoms with Crippen molar-refractivity contribution in [1.82, 2.24) is 0 Å². The lowest BCUT2D eigenvalue weighted by Gasteiger charge is -2.11. The Morgan fingerprint density at radius 2 is 2.13 bits per heavy atom. The summed E-state index contributed by atoms with van der Waals surface area (Å²) in [5.74, 6) is 0.109. The first-order valence-electron chi connectivity index (χ1n) is 5.57. The number of amides is 1. The molecule has 2 nitrogen and oxygen atoms in total.